The van der Waals surface area contributed by atoms with Crippen LogP contribution in [0.1, 0.15) is 29.5 Å². The van der Waals surface area contributed by atoms with E-state index in [1.165, 1.54) is 21.7 Å². The third kappa shape index (κ3) is 3.52. The predicted octanol–water partition coefficient (Wildman–Crippen LogP) is 3.63. The van der Waals surface area contributed by atoms with Crippen LogP contribution in [-0.4, -0.2) is 49.0 Å². The summed E-state index contributed by atoms with van der Waals surface area (Å²) in [4.78, 5) is 7.96. The highest BCUT2D eigenvalue weighted by Crippen LogP contribution is 2.40. The van der Waals surface area contributed by atoms with Crippen LogP contribution in [0.15, 0.2) is 39.8 Å². The SMILES string of the molecule is Cc1sc(-c2noc(C3CC3)n2)cc1S(=O)(=O)N1CCN(c2ccccc2F)CC1. The van der Waals surface area contributed by atoms with Crippen LogP contribution in [0.25, 0.3) is 10.7 Å². The smallest absolute Gasteiger partial charge is 0.244 e. The van der Waals surface area contributed by atoms with E-state index in [1.54, 1.807) is 31.2 Å². The fourth-order valence-corrected chi connectivity index (χ4v) is 6.59. The molecule has 10 heteroatoms. The Kier molecular flexibility index (Phi) is 4.87. The van der Waals surface area contributed by atoms with E-state index in [-0.39, 0.29) is 10.7 Å². The Morgan fingerprint density at radius 1 is 1.17 bits per heavy atom. The number of aromatic nitrogens is 2. The Morgan fingerprint density at radius 2 is 1.90 bits per heavy atom. The van der Waals surface area contributed by atoms with Crippen LogP contribution in [0, 0.1) is 12.7 Å². The number of nitrogens with zero attached hydrogens (tertiary/aromatic N) is 4. The molecular formula is C20H21FN4O3S2. The Morgan fingerprint density at radius 3 is 2.60 bits per heavy atom. The Balaban J connectivity index is 1.34. The summed E-state index contributed by atoms with van der Waals surface area (Å²) in [7, 11) is -3.66. The van der Waals surface area contributed by atoms with E-state index in [2.05, 4.69) is 10.1 Å². The van der Waals surface area contributed by atoms with Gasteiger partial charge in [-0.05, 0) is 38.0 Å². The van der Waals surface area contributed by atoms with Crippen molar-refractivity contribution in [3.63, 3.8) is 0 Å². The molecule has 0 N–H and O–H groups in total. The first kappa shape index (κ1) is 19.7. The molecule has 0 atom stereocenters. The van der Waals surface area contributed by atoms with Crippen molar-refractivity contribution >= 4 is 27.0 Å². The molecule has 2 fully saturated rings. The minimum atomic E-state index is -3.66. The molecule has 0 bridgehead atoms. The molecule has 0 radical (unpaired) electrons. The Bertz CT molecular complexity index is 1180. The van der Waals surface area contributed by atoms with E-state index < -0.39 is 10.0 Å². The van der Waals surface area contributed by atoms with E-state index in [1.807, 2.05) is 4.90 Å². The number of hydrogen-bond donors (Lipinski definition) is 0. The maximum Gasteiger partial charge on any atom is 0.244 e. The predicted molar refractivity (Wildman–Crippen MR) is 112 cm³/mol. The number of anilines is 1. The zero-order chi connectivity index (χ0) is 20.9. The van der Waals surface area contributed by atoms with Crippen molar-refractivity contribution in [1.29, 1.82) is 0 Å². The molecule has 1 saturated heterocycles. The first-order chi connectivity index (χ1) is 14.4. The average Bonchev–Trinajstić information content (AvgIpc) is 3.33. The van der Waals surface area contributed by atoms with Gasteiger partial charge in [0.1, 0.15) is 5.82 Å². The second kappa shape index (κ2) is 7.44. The highest BCUT2D eigenvalue weighted by atomic mass is 32.2. The standard InChI is InChI=1S/C20H21FN4O3S2/c1-13-18(12-17(29-13)19-22-20(28-23-19)14-6-7-14)30(26,27)25-10-8-24(9-11-25)16-5-3-2-4-15(16)21/h2-5,12,14H,6-11H2,1H3. The minimum Gasteiger partial charge on any atom is -0.367 e. The summed E-state index contributed by atoms with van der Waals surface area (Å²) in [6.45, 7) is 3.26. The summed E-state index contributed by atoms with van der Waals surface area (Å²) < 4.78 is 47.3. The molecule has 7 nitrogen and oxygen atoms in total. The van der Waals surface area contributed by atoms with Crippen molar-refractivity contribution in [2.45, 2.75) is 30.6 Å². The molecule has 1 aliphatic heterocycles. The van der Waals surface area contributed by atoms with Gasteiger partial charge in [0.25, 0.3) is 0 Å². The maximum atomic E-state index is 14.1. The van der Waals surface area contributed by atoms with Crippen molar-refractivity contribution in [1.82, 2.24) is 14.4 Å². The molecule has 2 aromatic heterocycles. The summed E-state index contributed by atoms with van der Waals surface area (Å²) in [5, 5.41) is 4.02. The fraction of sp³-hybridized carbons (Fsp3) is 0.400. The molecule has 5 rings (SSSR count). The van der Waals surface area contributed by atoms with Crippen LogP contribution in [0.5, 0.6) is 0 Å². The van der Waals surface area contributed by atoms with Crippen molar-refractivity contribution in [3.05, 3.63) is 46.9 Å². The van der Waals surface area contributed by atoms with E-state index in [9.17, 15) is 12.8 Å². The zero-order valence-electron chi connectivity index (χ0n) is 16.4. The van der Waals surface area contributed by atoms with Crippen molar-refractivity contribution < 1.29 is 17.3 Å². The second-order valence-electron chi connectivity index (χ2n) is 7.60. The summed E-state index contributed by atoms with van der Waals surface area (Å²) in [5.74, 6) is 1.12. The summed E-state index contributed by atoms with van der Waals surface area (Å²) in [6, 6.07) is 8.20. The van der Waals surface area contributed by atoms with Gasteiger partial charge in [-0.3, -0.25) is 0 Å². The van der Waals surface area contributed by atoms with Gasteiger partial charge < -0.3 is 9.42 Å². The number of halogens is 1. The van der Waals surface area contributed by atoms with Gasteiger partial charge in [0.15, 0.2) is 0 Å². The molecule has 0 unspecified atom stereocenters. The average molecular weight is 449 g/mol. The van der Waals surface area contributed by atoms with E-state index in [0.29, 0.717) is 59.3 Å². The number of aryl methyl sites for hydroxylation is 1. The van der Waals surface area contributed by atoms with Gasteiger partial charge in [0.2, 0.25) is 21.7 Å². The number of piperazine rings is 1. The summed E-state index contributed by atoms with van der Waals surface area (Å²) in [6.07, 6.45) is 2.12. The van der Waals surface area contributed by atoms with Gasteiger partial charge in [0, 0.05) is 37.0 Å². The molecule has 2 aliphatic rings. The number of sulfonamides is 1. The van der Waals surface area contributed by atoms with E-state index >= 15 is 0 Å². The largest absolute Gasteiger partial charge is 0.367 e. The highest BCUT2D eigenvalue weighted by Gasteiger charge is 2.33. The number of rotatable bonds is 5. The molecule has 3 aromatic rings. The Hall–Kier alpha value is -2.30. The van der Waals surface area contributed by atoms with Crippen molar-refractivity contribution in [2.24, 2.45) is 0 Å². The molecule has 3 heterocycles. The van der Waals surface area contributed by atoms with Crippen LogP contribution >= 0.6 is 11.3 Å². The van der Waals surface area contributed by atoms with Crippen LogP contribution < -0.4 is 4.90 Å². The molecule has 1 aromatic carbocycles. The number of para-hydroxylation sites is 1. The van der Waals surface area contributed by atoms with Gasteiger partial charge in [-0.25, -0.2) is 12.8 Å². The van der Waals surface area contributed by atoms with E-state index in [0.717, 1.165) is 12.8 Å². The Labute approximate surface area is 178 Å². The number of benzene rings is 1. The van der Waals surface area contributed by atoms with Crippen LogP contribution in [0.4, 0.5) is 10.1 Å². The van der Waals surface area contributed by atoms with Gasteiger partial charge in [-0.2, -0.15) is 9.29 Å². The lowest BCUT2D eigenvalue weighted by Crippen LogP contribution is -2.48. The lowest BCUT2D eigenvalue weighted by molar-refractivity contribution is 0.380. The highest BCUT2D eigenvalue weighted by molar-refractivity contribution is 7.89. The fourth-order valence-electron chi connectivity index (χ4n) is 3.68. The van der Waals surface area contributed by atoms with Crippen molar-refractivity contribution in [2.75, 3.05) is 31.1 Å². The normalized spacial score (nSPS) is 18.1. The second-order valence-corrected chi connectivity index (χ2v) is 10.8. The maximum absolute atomic E-state index is 14.1. The third-order valence-electron chi connectivity index (χ3n) is 5.51. The molecule has 0 amide bonds. The van der Waals surface area contributed by atoms with E-state index in [4.69, 9.17) is 4.52 Å². The summed E-state index contributed by atoms with van der Waals surface area (Å²) >= 11 is 1.35. The first-order valence-corrected chi connectivity index (χ1v) is 12.1. The molecule has 1 aliphatic carbocycles. The molecule has 158 valence electrons. The lowest BCUT2D eigenvalue weighted by Gasteiger charge is -2.35. The molecule has 1 saturated carbocycles. The number of hydrogen-bond acceptors (Lipinski definition) is 7. The zero-order valence-corrected chi connectivity index (χ0v) is 18.0. The first-order valence-electron chi connectivity index (χ1n) is 9.87. The van der Waals surface area contributed by atoms with Gasteiger partial charge >= 0.3 is 0 Å². The monoisotopic (exact) mass is 448 g/mol. The van der Waals surface area contributed by atoms with Crippen LogP contribution in [-0.2, 0) is 10.0 Å². The van der Waals surface area contributed by atoms with Crippen LogP contribution in [0.2, 0.25) is 0 Å². The third-order valence-corrected chi connectivity index (χ3v) is 8.71. The van der Waals surface area contributed by atoms with Crippen LogP contribution in [0.3, 0.4) is 0 Å². The number of thiophene rings is 1. The topological polar surface area (TPSA) is 79.5 Å². The molecular weight excluding hydrogens is 427 g/mol. The van der Waals surface area contributed by atoms with Gasteiger partial charge in [-0.1, -0.05) is 17.3 Å². The molecule has 0 spiro atoms. The quantitative estimate of drug-likeness (QED) is 0.593. The lowest BCUT2D eigenvalue weighted by atomic mass is 10.2. The minimum absolute atomic E-state index is 0.277. The van der Waals surface area contributed by atoms with Gasteiger partial charge in [0.05, 0.1) is 15.5 Å². The van der Waals surface area contributed by atoms with Gasteiger partial charge in [-0.15, -0.1) is 11.3 Å². The summed E-state index contributed by atoms with van der Waals surface area (Å²) in [5.41, 5.74) is 0.507. The molecule has 30 heavy (non-hydrogen) atoms. The van der Waals surface area contributed by atoms with Crippen molar-refractivity contribution in [3.8, 4) is 10.7 Å².